The summed E-state index contributed by atoms with van der Waals surface area (Å²) in [5, 5.41) is 0.968. The minimum Gasteiger partial charge on any atom is -0.357 e. The van der Waals surface area contributed by atoms with Crippen LogP contribution in [0.25, 0.3) is 21.3 Å². The van der Waals surface area contributed by atoms with Gasteiger partial charge < -0.3 is 9.88 Å². The van der Waals surface area contributed by atoms with Crippen molar-refractivity contribution in [2.24, 2.45) is 0 Å². The molecule has 1 aliphatic heterocycles. The molecule has 0 bridgehead atoms. The van der Waals surface area contributed by atoms with Crippen LogP contribution in [-0.2, 0) is 6.18 Å². The minimum absolute atomic E-state index is 0.000430. The lowest BCUT2D eigenvalue weighted by Gasteiger charge is -2.31. The van der Waals surface area contributed by atoms with Crippen molar-refractivity contribution in [2.45, 2.75) is 31.9 Å². The molecular weight excluding hydrogens is 425 g/mol. The number of H-pyrrole nitrogens is 1. The van der Waals surface area contributed by atoms with Crippen molar-refractivity contribution in [3.05, 3.63) is 58.4 Å². The number of thiazole rings is 1. The van der Waals surface area contributed by atoms with Crippen LogP contribution in [0.15, 0.2) is 36.4 Å². The zero-order valence-electron chi connectivity index (χ0n) is 16.7. The topological polar surface area (TPSA) is 61.9 Å². The fraction of sp³-hybridized carbons (Fsp3) is 0.318. The number of nitrogens with one attached hydrogen (secondary N) is 1. The number of hydrogen-bond donors (Lipinski definition) is 1. The highest BCUT2D eigenvalue weighted by atomic mass is 32.1. The van der Waals surface area contributed by atoms with Gasteiger partial charge in [0.25, 0.3) is 5.91 Å². The molecule has 0 unspecified atom stereocenters. The molecule has 1 saturated heterocycles. The van der Waals surface area contributed by atoms with Gasteiger partial charge >= 0.3 is 6.18 Å². The molecule has 1 fully saturated rings. The molecule has 0 saturated carbocycles. The number of fused-ring (bicyclic) bond motifs is 2. The Kier molecular flexibility index (Phi) is 4.73. The summed E-state index contributed by atoms with van der Waals surface area (Å²) in [6.45, 7) is 3.14. The largest absolute Gasteiger partial charge is 0.433 e. The highest BCUT2D eigenvalue weighted by Crippen LogP contribution is 2.33. The third-order valence-corrected chi connectivity index (χ3v) is 6.68. The number of rotatable bonds is 2. The third-order valence-electron chi connectivity index (χ3n) is 5.75. The first-order chi connectivity index (χ1) is 14.8. The number of carbonyl (C=O) groups is 1. The Balaban J connectivity index is 1.29. The second-order valence-electron chi connectivity index (χ2n) is 7.83. The smallest absolute Gasteiger partial charge is 0.357 e. The zero-order chi connectivity index (χ0) is 21.8. The summed E-state index contributed by atoms with van der Waals surface area (Å²) < 4.78 is 39.7. The van der Waals surface area contributed by atoms with E-state index in [1.807, 2.05) is 30.0 Å². The Morgan fingerprint density at radius 1 is 1.10 bits per heavy atom. The molecule has 0 aliphatic carbocycles. The van der Waals surface area contributed by atoms with Gasteiger partial charge in [-0.2, -0.15) is 13.2 Å². The van der Waals surface area contributed by atoms with Crippen LogP contribution in [0.4, 0.5) is 13.2 Å². The van der Waals surface area contributed by atoms with E-state index in [9.17, 15) is 18.0 Å². The first-order valence-electron chi connectivity index (χ1n) is 10.0. The van der Waals surface area contributed by atoms with Crippen LogP contribution in [0.3, 0.4) is 0 Å². The van der Waals surface area contributed by atoms with Crippen molar-refractivity contribution in [3.8, 4) is 0 Å². The predicted octanol–water partition coefficient (Wildman–Crippen LogP) is 5.52. The number of halogens is 3. The Labute approximate surface area is 179 Å². The minimum atomic E-state index is -4.46. The van der Waals surface area contributed by atoms with Crippen LogP contribution in [0.1, 0.15) is 45.5 Å². The van der Waals surface area contributed by atoms with Gasteiger partial charge in [-0.1, -0.05) is 0 Å². The van der Waals surface area contributed by atoms with E-state index < -0.39 is 11.9 Å². The third kappa shape index (κ3) is 3.78. The van der Waals surface area contributed by atoms with Crippen LogP contribution < -0.4 is 0 Å². The summed E-state index contributed by atoms with van der Waals surface area (Å²) in [5.41, 5.74) is 2.45. The monoisotopic (exact) mass is 444 g/mol. The molecule has 0 atom stereocenters. The molecule has 9 heteroatoms. The standard InChI is InChI=1S/C22H19F3N4OS/c1-12-26-16-3-2-14(10-19(16)31-12)21(30)29-8-6-13(7-9-29)17-11-18-15(27-17)4-5-20(28-18)22(23,24)25/h2-5,10-11,13,27H,6-9H2,1H3. The van der Waals surface area contributed by atoms with Gasteiger partial charge in [-0.05, 0) is 56.2 Å². The second-order valence-corrected chi connectivity index (χ2v) is 9.07. The van der Waals surface area contributed by atoms with Gasteiger partial charge in [0.05, 0.1) is 26.3 Å². The number of aromatic nitrogens is 3. The SMILES string of the molecule is Cc1nc2ccc(C(=O)N3CCC(c4cc5nc(C(F)(F)F)ccc5[nH]4)CC3)cc2s1. The zero-order valence-corrected chi connectivity index (χ0v) is 17.5. The maximum absolute atomic E-state index is 13.0. The molecule has 0 radical (unpaired) electrons. The van der Waals surface area contributed by atoms with Crippen molar-refractivity contribution < 1.29 is 18.0 Å². The molecule has 31 heavy (non-hydrogen) atoms. The quantitative estimate of drug-likeness (QED) is 0.443. The van der Waals surface area contributed by atoms with Gasteiger partial charge in [-0.3, -0.25) is 4.79 Å². The van der Waals surface area contributed by atoms with E-state index in [2.05, 4.69) is 15.0 Å². The predicted molar refractivity (Wildman–Crippen MR) is 113 cm³/mol. The maximum atomic E-state index is 13.0. The molecule has 1 aromatic carbocycles. The number of benzene rings is 1. The average Bonchev–Trinajstić information content (AvgIpc) is 3.33. The first kappa shape index (κ1) is 20.0. The molecular formula is C22H19F3N4OS. The van der Waals surface area contributed by atoms with Crippen molar-refractivity contribution >= 4 is 38.5 Å². The van der Waals surface area contributed by atoms with Crippen LogP contribution in [0.5, 0.6) is 0 Å². The number of pyridine rings is 1. The lowest BCUT2D eigenvalue weighted by molar-refractivity contribution is -0.140. The van der Waals surface area contributed by atoms with E-state index in [4.69, 9.17) is 0 Å². The Morgan fingerprint density at radius 2 is 1.87 bits per heavy atom. The number of aromatic amines is 1. The molecule has 4 heterocycles. The highest BCUT2D eigenvalue weighted by Gasteiger charge is 2.33. The van der Waals surface area contributed by atoms with Gasteiger partial charge in [-0.15, -0.1) is 11.3 Å². The number of hydrogen-bond acceptors (Lipinski definition) is 4. The van der Waals surface area contributed by atoms with E-state index in [1.54, 1.807) is 17.4 Å². The molecule has 5 rings (SSSR count). The number of alkyl halides is 3. The van der Waals surface area contributed by atoms with Crippen molar-refractivity contribution in [1.82, 2.24) is 19.9 Å². The molecule has 1 aliphatic rings. The Morgan fingerprint density at radius 3 is 2.61 bits per heavy atom. The van der Waals surface area contributed by atoms with Crippen LogP contribution in [0.2, 0.25) is 0 Å². The fourth-order valence-corrected chi connectivity index (χ4v) is 5.02. The van der Waals surface area contributed by atoms with Crippen LogP contribution in [-0.4, -0.2) is 38.8 Å². The Bertz CT molecular complexity index is 1290. The van der Waals surface area contributed by atoms with Crippen LogP contribution in [0, 0.1) is 6.92 Å². The summed E-state index contributed by atoms with van der Waals surface area (Å²) in [5.74, 6) is 0.152. The normalized spacial score (nSPS) is 15.8. The van der Waals surface area contributed by atoms with Crippen molar-refractivity contribution in [3.63, 3.8) is 0 Å². The maximum Gasteiger partial charge on any atom is 0.433 e. The summed E-state index contributed by atoms with van der Waals surface area (Å²) in [7, 11) is 0. The van der Waals surface area contributed by atoms with Crippen LogP contribution >= 0.6 is 11.3 Å². The van der Waals surface area contributed by atoms with E-state index in [0.29, 0.717) is 29.7 Å². The summed E-state index contributed by atoms with van der Waals surface area (Å²) in [4.78, 5) is 26.2. The molecule has 3 aromatic heterocycles. The fourth-order valence-electron chi connectivity index (χ4n) is 4.16. The number of piperidine rings is 1. The van der Waals surface area contributed by atoms with Gasteiger partial charge in [0, 0.05) is 30.3 Å². The Hall–Kier alpha value is -2.94. The number of aryl methyl sites for hydroxylation is 1. The van der Waals surface area contributed by atoms with E-state index in [0.717, 1.165) is 39.8 Å². The summed E-state index contributed by atoms with van der Waals surface area (Å²) in [6, 6.07) is 9.71. The molecule has 1 N–H and O–H groups in total. The van der Waals surface area contributed by atoms with Crippen molar-refractivity contribution in [1.29, 1.82) is 0 Å². The molecule has 1 amide bonds. The molecule has 4 aromatic rings. The van der Waals surface area contributed by atoms with Crippen molar-refractivity contribution in [2.75, 3.05) is 13.1 Å². The molecule has 5 nitrogen and oxygen atoms in total. The number of nitrogens with zero attached hydrogens (tertiary/aromatic N) is 3. The van der Waals surface area contributed by atoms with Gasteiger partial charge in [0.1, 0.15) is 5.69 Å². The van der Waals surface area contributed by atoms with Gasteiger partial charge in [0.2, 0.25) is 0 Å². The van der Waals surface area contributed by atoms with Gasteiger partial charge in [0.15, 0.2) is 0 Å². The van der Waals surface area contributed by atoms with E-state index in [1.165, 1.54) is 6.07 Å². The lowest BCUT2D eigenvalue weighted by Crippen LogP contribution is -2.37. The summed E-state index contributed by atoms with van der Waals surface area (Å²) in [6.07, 6.45) is -2.97. The highest BCUT2D eigenvalue weighted by molar-refractivity contribution is 7.18. The summed E-state index contributed by atoms with van der Waals surface area (Å²) >= 11 is 1.57. The number of amides is 1. The van der Waals surface area contributed by atoms with E-state index in [-0.39, 0.29) is 11.8 Å². The average molecular weight is 444 g/mol. The van der Waals surface area contributed by atoms with E-state index >= 15 is 0 Å². The molecule has 0 spiro atoms. The number of likely N-dealkylation sites (tertiary alicyclic amines) is 1. The lowest BCUT2D eigenvalue weighted by atomic mass is 9.93. The number of carbonyl (C=O) groups excluding carboxylic acids is 1. The second kappa shape index (κ2) is 7.33. The first-order valence-corrected chi connectivity index (χ1v) is 10.8. The van der Waals surface area contributed by atoms with Gasteiger partial charge in [-0.25, -0.2) is 9.97 Å². The molecule has 160 valence electrons.